The van der Waals surface area contributed by atoms with Crippen molar-refractivity contribution in [3.63, 3.8) is 0 Å². The van der Waals surface area contributed by atoms with E-state index in [1.807, 2.05) is 0 Å². The molecular weight excluding hydrogens is 246 g/mol. The second-order valence-electron chi connectivity index (χ2n) is 2.04. The van der Waals surface area contributed by atoms with Crippen LogP contribution in [0.2, 0.25) is 0 Å². The molecule has 0 unspecified atom stereocenters. The second kappa shape index (κ2) is 4.42. The molecule has 0 spiro atoms. The maximum Gasteiger partial charge on any atom is 0.137 e. The standard InChI is InChI=1S/C7H6BrFN2.ClH/c8-5-3-4(7(10)11)1-2-6(5)9;/h1-3H,(H3,10,11);1H. The summed E-state index contributed by atoms with van der Waals surface area (Å²) in [6.07, 6.45) is 0. The third-order valence-electron chi connectivity index (χ3n) is 1.23. The van der Waals surface area contributed by atoms with Crippen molar-refractivity contribution in [2.75, 3.05) is 0 Å². The van der Waals surface area contributed by atoms with Crippen molar-refractivity contribution in [3.05, 3.63) is 34.1 Å². The maximum absolute atomic E-state index is 12.6. The van der Waals surface area contributed by atoms with E-state index in [1.54, 1.807) is 0 Å². The summed E-state index contributed by atoms with van der Waals surface area (Å²) in [5.74, 6) is -0.416. The average Bonchev–Trinajstić information content (AvgIpc) is 1.94. The summed E-state index contributed by atoms with van der Waals surface area (Å²) < 4.78 is 12.9. The molecule has 0 radical (unpaired) electrons. The molecule has 66 valence electrons. The molecule has 2 nitrogen and oxygen atoms in total. The first-order valence-electron chi connectivity index (χ1n) is 2.90. The fraction of sp³-hybridized carbons (Fsp3) is 0. The van der Waals surface area contributed by atoms with Crippen LogP contribution in [0.1, 0.15) is 5.56 Å². The summed E-state index contributed by atoms with van der Waals surface area (Å²) in [5.41, 5.74) is 5.69. The Labute approximate surface area is 84.0 Å². The molecule has 1 aromatic rings. The summed E-state index contributed by atoms with van der Waals surface area (Å²) in [4.78, 5) is 0. The minimum atomic E-state index is -0.352. The van der Waals surface area contributed by atoms with E-state index in [4.69, 9.17) is 11.1 Å². The lowest BCUT2D eigenvalue weighted by atomic mass is 10.2. The third kappa shape index (κ3) is 2.46. The summed E-state index contributed by atoms with van der Waals surface area (Å²) in [6, 6.07) is 4.20. The van der Waals surface area contributed by atoms with Crippen LogP contribution in [-0.2, 0) is 0 Å². The molecule has 0 fully saturated rings. The van der Waals surface area contributed by atoms with Crippen molar-refractivity contribution in [1.29, 1.82) is 5.41 Å². The minimum Gasteiger partial charge on any atom is -0.384 e. The fourth-order valence-electron chi connectivity index (χ4n) is 0.664. The van der Waals surface area contributed by atoms with E-state index < -0.39 is 0 Å². The van der Waals surface area contributed by atoms with Gasteiger partial charge in [0.1, 0.15) is 11.7 Å². The minimum absolute atomic E-state index is 0. The molecule has 0 aromatic heterocycles. The first kappa shape index (κ1) is 11.4. The van der Waals surface area contributed by atoms with E-state index in [2.05, 4.69) is 15.9 Å². The second-order valence-corrected chi connectivity index (χ2v) is 2.90. The van der Waals surface area contributed by atoms with Crippen LogP contribution in [0.15, 0.2) is 22.7 Å². The topological polar surface area (TPSA) is 49.9 Å². The van der Waals surface area contributed by atoms with Crippen molar-refractivity contribution in [2.24, 2.45) is 5.73 Å². The van der Waals surface area contributed by atoms with Crippen LogP contribution >= 0.6 is 28.3 Å². The van der Waals surface area contributed by atoms with Gasteiger partial charge in [-0.3, -0.25) is 5.41 Å². The van der Waals surface area contributed by atoms with Crippen LogP contribution in [0.4, 0.5) is 4.39 Å². The number of nitrogens with two attached hydrogens (primary N) is 1. The highest BCUT2D eigenvalue weighted by molar-refractivity contribution is 9.10. The Kier molecular flexibility index (Phi) is 4.20. The third-order valence-corrected chi connectivity index (χ3v) is 1.84. The lowest BCUT2D eigenvalue weighted by molar-refractivity contribution is 0.621. The molecule has 1 aromatic carbocycles. The summed E-state index contributed by atoms with van der Waals surface area (Å²) in [6.45, 7) is 0. The highest BCUT2D eigenvalue weighted by Crippen LogP contribution is 2.16. The molecule has 0 bridgehead atoms. The number of hydrogen-bond acceptors (Lipinski definition) is 1. The molecule has 3 N–H and O–H groups in total. The molecule has 1 rings (SSSR count). The van der Waals surface area contributed by atoms with Crippen LogP contribution in [0.25, 0.3) is 0 Å². The number of rotatable bonds is 1. The molecule has 0 amide bonds. The molecule has 0 heterocycles. The van der Waals surface area contributed by atoms with E-state index in [-0.39, 0.29) is 24.1 Å². The number of amidine groups is 1. The molecule has 5 heteroatoms. The van der Waals surface area contributed by atoms with Gasteiger partial charge in [-0.2, -0.15) is 0 Å². The predicted octanol–water partition coefficient (Wildman–Crippen LogP) is 2.29. The van der Waals surface area contributed by atoms with Crippen LogP contribution in [0.5, 0.6) is 0 Å². The molecule has 12 heavy (non-hydrogen) atoms. The van der Waals surface area contributed by atoms with Crippen LogP contribution < -0.4 is 5.73 Å². The highest BCUT2D eigenvalue weighted by Gasteiger charge is 2.01. The Morgan fingerprint density at radius 3 is 2.50 bits per heavy atom. The lowest BCUT2D eigenvalue weighted by Gasteiger charge is -1.98. The number of benzene rings is 1. The number of nitrogens with one attached hydrogen (secondary N) is 1. The van der Waals surface area contributed by atoms with E-state index >= 15 is 0 Å². The van der Waals surface area contributed by atoms with Crippen LogP contribution in [0.3, 0.4) is 0 Å². The SMILES string of the molecule is Cl.N=C(N)c1ccc(F)c(Br)c1. The Morgan fingerprint density at radius 1 is 1.50 bits per heavy atom. The summed E-state index contributed by atoms with van der Waals surface area (Å²) in [7, 11) is 0. The number of halogens is 3. The fourth-order valence-corrected chi connectivity index (χ4v) is 1.04. The van der Waals surface area contributed by atoms with Crippen molar-refractivity contribution in [1.82, 2.24) is 0 Å². The van der Waals surface area contributed by atoms with Crippen molar-refractivity contribution in [2.45, 2.75) is 0 Å². The van der Waals surface area contributed by atoms with E-state index in [0.717, 1.165) is 0 Å². The average molecular weight is 254 g/mol. The van der Waals surface area contributed by atoms with Crippen LogP contribution in [0, 0.1) is 11.2 Å². The van der Waals surface area contributed by atoms with E-state index in [1.165, 1.54) is 18.2 Å². The van der Waals surface area contributed by atoms with Gasteiger partial charge in [-0.1, -0.05) is 0 Å². The Bertz CT molecular complexity index is 303. The van der Waals surface area contributed by atoms with Gasteiger partial charge < -0.3 is 5.73 Å². The first-order valence-corrected chi connectivity index (χ1v) is 3.70. The largest absolute Gasteiger partial charge is 0.384 e. The normalized spacial score (nSPS) is 8.83. The van der Waals surface area contributed by atoms with Gasteiger partial charge >= 0.3 is 0 Å². The lowest BCUT2D eigenvalue weighted by Crippen LogP contribution is -2.10. The highest BCUT2D eigenvalue weighted by atomic mass is 79.9. The maximum atomic E-state index is 12.6. The molecular formula is C7H7BrClFN2. The zero-order valence-electron chi connectivity index (χ0n) is 5.97. The molecule has 0 aliphatic carbocycles. The Hall–Kier alpha value is -0.610. The van der Waals surface area contributed by atoms with Gasteiger partial charge in [0, 0.05) is 5.56 Å². The van der Waals surface area contributed by atoms with Crippen molar-refractivity contribution in [3.8, 4) is 0 Å². The first-order chi connectivity index (χ1) is 5.11. The predicted molar refractivity (Wildman–Crippen MR) is 52.4 cm³/mol. The zero-order chi connectivity index (χ0) is 8.43. The molecule has 0 aliphatic heterocycles. The van der Waals surface area contributed by atoms with Gasteiger partial charge in [0.15, 0.2) is 0 Å². The molecule has 0 saturated heterocycles. The quantitative estimate of drug-likeness (QED) is 0.585. The molecule has 0 saturated carbocycles. The molecule has 0 atom stereocenters. The van der Waals surface area contributed by atoms with Gasteiger partial charge in [0.2, 0.25) is 0 Å². The van der Waals surface area contributed by atoms with Gasteiger partial charge in [0.25, 0.3) is 0 Å². The number of hydrogen-bond donors (Lipinski definition) is 2. The Balaban J connectivity index is 0.00000121. The van der Waals surface area contributed by atoms with Crippen molar-refractivity contribution >= 4 is 34.2 Å². The van der Waals surface area contributed by atoms with E-state index in [0.29, 0.717) is 10.0 Å². The van der Waals surface area contributed by atoms with E-state index in [9.17, 15) is 4.39 Å². The van der Waals surface area contributed by atoms with Crippen LogP contribution in [-0.4, -0.2) is 5.84 Å². The number of nitrogen functional groups attached to an aromatic ring is 1. The zero-order valence-corrected chi connectivity index (χ0v) is 8.38. The van der Waals surface area contributed by atoms with Gasteiger partial charge in [-0.15, -0.1) is 12.4 Å². The Morgan fingerprint density at radius 2 is 2.08 bits per heavy atom. The summed E-state index contributed by atoms with van der Waals surface area (Å²) >= 11 is 2.99. The van der Waals surface area contributed by atoms with Gasteiger partial charge in [0.05, 0.1) is 4.47 Å². The molecule has 0 aliphatic rings. The summed E-state index contributed by atoms with van der Waals surface area (Å²) in [5, 5.41) is 7.04. The van der Waals surface area contributed by atoms with Crippen molar-refractivity contribution < 1.29 is 4.39 Å². The van der Waals surface area contributed by atoms with Gasteiger partial charge in [-0.05, 0) is 34.1 Å². The van der Waals surface area contributed by atoms with Gasteiger partial charge in [-0.25, -0.2) is 4.39 Å². The smallest absolute Gasteiger partial charge is 0.137 e. The monoisotopic (exact) mass is 252 g/mol.